The maximum atomic E-state index is 13.2. The predicted octanol–water partition coefficient (Wildman–Crippen LogP) is 14.4. The van der Waals surface area contributed by atoms with Crippen LogP contribution in [0.2, 0.25) is 0 Å². The van der Waals surface area contributed by atoms with Crippen LogP contribution in [0.1, 0.15) is 152 Å². The molecule has 10 rings (SSSR count). The number of urea groups is 3. The summed E-state index contributed by atoms with van der Waals surface area (Å²) >= 11 is 0. The number of ketones is 4. The number of anilines is 3. The predicted molar refractivity (Wildman–Crippen MR) is 393 cm³/mol. The third-order valence-electron chi connectivity index (χ3n) is 17.9. The maximum absolute atomic E-state index is 13.2. The molecule has 3 fully saturated rings. The number of hydrogen-bond acceptors (Lipinski definition) is 13. The summed E-state index contributed by atoms with van der Waals surface area (Å²) in [4.78, 5) is 91.0. The molecule has 3 atom stereocenters. The van der Waals surface area contributed by atoms with Crippen LogP contribution in [0.25, 0.3) is 11.4 Å². The van der Waals surface area contributed by atoms with Crippen molar-refractivity contribution in [1.29, 1.82) is 0 Å². The third-order valence-corrected chi connectivity index (χ3v) is 17.9. The molecule has 3 aliphatic rings. The Balaban J connectivity index is 0.000000522. The van der Waals surface area contributed by atoms with Crippen molar-refractivity contribution in [2.75, 3.05) is 94.5 Å². The van der Waals surface area contributed by atoms with Gasteiger partial charge in [-0.25, -0.2) is 32.2 Å². The van der Waals surface area contributed by atoms with Crippen molar-refractivity contribution in [3.05, 3.63) is 190 Å². The van der Waals surface area contributed by atoms with E-state index in [1.165, 1.54) is 117 Å². The topological polar surface area (TPSA) is 245 Å². The quantitative estimate of drug-likeness (QED) is 0.0218. The van der Waals surface area contributed by atoms with Crippen LogP contribution < -0.4 is 31.9 Å². The van der Waals surface area contributed by atoms with Gasteiger partial charge in [-0.3, -0.25) is 19.2 Å². The van der Waals surface area contributed by atoms with Crippen LogP contribution in [0.3, 0.4) is 0 Å². The number of piperidine rings is 3. The molecule has 0 saturated carbocycles. The van der Waals surface area contributed by atoms with Crippen LogP contribution >= 0.6 is 0 Å². The van der Waals surface area contributed by atoms with Crippen molar-refractivity contribution in [2.24, 2.45) is 24.8 Å². The monoisotopic (exact) mass is 1370 g/mol. The Morgan fingerprint density at radius 2 is 0.798 bits per heavy atom. The molecular weight excluding hydrogens is 1260 g/mol. The molecule has 538 valence electrons. The molecule has 1 aromatic heterocycles. The molecule has 20 nitrogen and oxygen atoms in total. The van der Waals surface area contributed by atoms with Gasteiger partial charge < -0.3 is 46.6 Å². The SMILES string of the molecule is CC(=O)c1cc(NC(=O)NCCCN2CCC[C@@H](Cc3ccc(F)cc3)C2)cc(-c2nnnn2C)c1.CC(=O)c1cc(NC(=O)NCCCN2CCC[C@@H](Cc3ccc(F)cc3)C2)cc(C(C)=O)c1.CC(=O)c1cccc(NC(=O)NCCCN2CCC[C@@H](Cc3ccc(F)cc3)C2)c1.[HH].[HH].[HH].[HH].[HH].[HH]. The molecule has 6 amide bonds. The Morgan fingerprint density at radius 3 is 1.16 bits per heavy atom. The van der Waals surface area contributed by atoms with E-state index in [0.29, 0.717) is 88.1 Å². The van der Waals surface area contributed by atoms with Crippen molar-refractivity contribution in [3.8, 4) is 11.4 Å². The molecular formula is C76H106F3N13O7. The highest BCUT2D eigenvalue weighted by atomic mass is 19.1. The summed E-state index contributed by atoms with van der Waals surface area (Å²) in [7, 11) is 1.71. The molecule has 3 saturated heterocycles. The van der Waals surface area contributed by atoms with Gasteiger partial charge in [-0.1, -0.05) is 48.5 Å². The van der Waals surface area contributed by atoms with Crippen LogP contribution in [0.5, 0.6) is 0 Å². The molecule has 0 radical (unpaired) electrons. The lowest BCUT2D eigenvalue weighted by Crippen LogP contribution is -2.38. The first kappa shape index (κ1) is 75.3. The summed E-state index contributed by atoms with van der Waals surface area (Å²) in [5.41, 5.74) is 7.53. The number of likely N-dealkylation sites (tertiary alicyclic amines) is 3. The second kappa shape index (κ2) is 38.6. The summed E-state index contributed by atoms with van der Waals surface area (Å²) in [6, 6.07) is 36.1. The number of carbonyl (C=O) groups excluding carboxylic acids is 7. The highest BCUT2D eigenvalue weighted by molar-refractivity contribution is 6.03. The van der Waals surface area contributed by atoms with E-state index in [-0.39, 0.29) is 67.2 Å². The molecule has 6 aromatic carbocycles. The van der Waals surface area contributed by atoms with Gasteiger partial charge in [-0.15, -0.1) is 5.10 Å². The standard InChI is InChI=1S/C26H32FN7O2.C26H32FN3O3.C24H30FN3O2.6H2/c1-18(35)21-14-22(25-30-31-32-33(25)2)16-24(15-21)29-26(36)28-10-4-12-34-11-3-5-20(17-34)13-19-6-8-23(27)9-7-19;1-18(31)22-14-23(19(2)32)16-25(15-22)29-26(33)28-10-4-12-30-11-3-5-21(17-30)13-20-6-8-24(27)9-7-20;1-18(29)21-6-2-7-23(16-21)27-24(30)26-12-4-14-28-13-3-5-20(17-28)15-19-8-10-22(25)11-9-19;;;;;;/h6-9,14-16,20H,3-5,10-13,17H2,1-2H3,(H2,28,29,36);6-9,14-16,21H,3-5,10-13,17H2,1-2H3,(H2,28,29,33);2,6-11,16,20H,3-5,12-15,17H2,1H3,(H2,26,27,30);6*1H/t20-;21-;20-;;;;;;/m000....../s1. The van der Waals surface area contributed by atoms with Crippen LogP contribution in [-0.2, 0) is 26.3 Å². The fourth-order valence-corrected chi connectivity index (χ4v) is 12.9. The summed E-state index contributed by atoms with van der Waals surface area (Å²) in [5.74, 6) is 1.15. The maximum Gasteiger partial charge on any atom is 0.319 e. The average molecular weight is 1370 g/mol. The van der Waals surface area contributed by atoms with Gasteiger partial charge in [0.1, 0.15) is 17.5 Å². The van der Waals surface area contributed by atoms with E-state index in [1.807, 2.05) is 36.4 Å². The van der Waals surface area contributed by atoms with Crippen molar-refractivity contribution in [3.63, 3.8) is 0 Å². The van der Waals surface area contributed by atoms with Gasteiger partial charge in [0.25, 0.3) is 0 Å². The van der Waals surface area contributed by atoms with E-state index in [4.69, 9.17) is 0 Å². The number of tetrazole rings is 1. The molecule has 23 heteroatoms. The summed E-state index contributed by atoms with van der Waals surface area (Å²) in [5, 5.41) is 28.4. The Morgan fingerprint density at radius 1 is 0.444 bits per heavy atom. The first-order valence-electron chi connectivity index (χ1n) is 34.4. The second-order valence-electron chi connectivity index (χ2n) is 26.2. The smallest absolute Gasteiger partial charge is 0.319 e. The Kier molecular flexibility index (Phi) is 29.4. The molecule has 0 aliphatic carbocycles. The lowest BCUT2D eigenvalue weighted by molar-refractivity contribution is 0.100. The molecule has 99 heavy (non-hydrogen) atoms. The van der Waals surface area contributed by atoms with Gasteiger partial charge in [0.05, 0.1) is 0 Å². The number of hydrogen-bond donors (Lipinski definition) is 6. The van der Waals surface area contributed by atoms with Crippen LogP contribution in [0.4, 0.5) is 44.6 Å². The van der Waals surface area contributed by atoms with Crippen LogP contribution in [0.15, 0.2) is 133 Å². The van der Waals surface area contributed by atoms with Crippen molar-refractivity contribution in [2.45, 2.75) is 105 Å². The largest absolute Gasteiger partial charge is 0.338 e. The number of Topliss-reactive ketones (excluding diaryl/α,β-unsaturated/α-hetero) is 4. The van der Waals surface area contributed by atoms with Gasteiger partial charge >= 0.3 is 18.1 Å². The summed E-state index contributed by atoms with van der Waals surface area (Å²) in [6.45, 7) is 16.5. The second-order valence-corrected chi connectivity index (χ2v) is 26.2. The third kappa shape index (κ3) is 26.1. The number of aromatic nitrogens is 4. The number of halogens is 3. The number of aryl methyl sites for hydroxylation is 1. The van der Waals surface area contributed by atoms with E-state index >= 15 is 0 Å². The number of rotatable bonds is 26. The number of nitrogens with one attached hydrogen (secondary N) is 6. The van der Waals surface area contributed by atoms with Gasteiger partial charge in [0.15, 0.2) is 29.0 Å². The van der Waals surface area contributed by atoms with Crippen molar-refractivity contribution in [1.82, 2.24) is 50.9 Å². The highest BCUT2D eigenvalue weighted by Gasteiger charge is 2.24. The molecule has 6 N–H and O–H groups in total. The minimum absolute atomic E-state index is 0. The fraction of sp³-hybridized carbons (Fsp3) is 0.421. The van der Waals surface area contributed by atoms with E-state index in [0.717, 1.165) is 110 Å². The zero-order valence-electron chi connectivity index (χ0n) is 57.5. The highest BCUT2D eigenvalue weighted by Crippen LogP contribution is 2.27. The first-order chi connectivity index (χ1) is 47.7. The van der Waals surface area contributed by atoms with E-state index < -0.39 is 0 Å². The van der Waals surface area contributed by atoms with Gasteiger partial charge in [-0.05, 0) is 274 Å². The van der Waals surface area contributed by atoms with Crippen LogP contribution in [0, 0.1) is 35.2 Å². The summed E-state index contributed by atoms with van der Waals surface area (Å²) < 4.78 is 40.8. The van der Waals surface area contributed by atoms with Gasteiger partial charge in [-0.2, -0.15) is 0 Å². The zero-order valence-corrected chi connectivity index (χ0v) is 57.5. The molecule has 0 bridgehead atoms. The molecule has 7 aromatic rings. The van der Waals surface area contributed by atoms with E-state index in [2.05, 4.69) is 62.1 Å². The minimum atomic E-state index is -0.363. The van der Waals surface area contributed by atoms with Crippen molar-refractivity contribution >= 4 is 58.3 Å². The summed E-state index contributed by atoms with van der Waals surface area (Å²) in [6.07, 6.45) is 12.5. The fourth-order valence-electron chi connectivity index (χ4n) is 12.9. The lowest BCUT2D eigenvalue weighted by atomic mass is 9.91. The van der Waals surface area contributed by atoms with Gasteiger partial charge in [0.2, 0.25) is 0 Å². The van der Waals surface area contributed by atoms with Crippen LogP contribution in [-0.4, -0.2) is 155 Å². The Hall–Kier alpha value is -9.45. The van der Waals surface area contributed by atoms with E-state index in [1.54, 1.807) is 61.6 Å². The minimum Gasteiger partial charge on any atom is -0.338 e. The number of nitrogens with zero attached hydrogens (tertiary/aromatic N) is 7. The number of amides is 6. The average Bonchev–Trinajstić information content (AvgIpc) is 1.78. The first-order valence-corrected chi connectivity index (χ1v) is 34.4. The number of carbonyl (C=O) groups is 7. The Labute approximate surface area is 587 Å². The lowest BCUT2D eigenvalue weighted by Gasteiger charge is -2.32. The van der Waals surface area contributed by atoms with E-state index in [9.17, 15) is 46.7 Å². The molecule has 4 heterocycles. The number of benzene rings is 6. The van der Waals surface area contributed by atoms with Crippen molar-refractivity contribution < 1.29 is 55.3 Å². The molecule has 0 spiro atoms. The van der Waals surface area contributed by atoms with Gasteiger partial charge in [0, 0.05) is 99.8 Å². The molecule has 0 unspecified atom stereocenters. The normalized spacial score (nSPS) is 16.3. The zero-order chi connectivity index (χ0) is 70.6. The molecule has 3 aliphatic heterocycles. The Bertz CT molecular complexity index is 3820.